The average Bonchev–Trinajstić information content (AvgIpc) is 2.67. The van der Waals surface area contributed by atoms with Crippen LogP contribution >= 0.6 is 0 Å². The minimum Gasteiger partial charge on any atom is -0.485 e. The highest BCUT2D eigenvalue weighted by molar-refractivity contribution is 5.71. The fourth-order valence-corrected chi connectivity index (χ4v) is 3.52. The molecule has 0 aliphatic carbocycles. The Bertz CT molecular complexity index is 892. The van der Waals surface area contributed by atoms with Crippen LogP contribution in [0.25, 0.3) is 0 Å². The number of rotatable bonds is 5. The molecule has 2 aromatic carbocycles. The zero-order valence-corrected chi connectivity index (χ0v) is 15.9. The van der Waals surface area contributed by atoms with Crippen LogP contribution in [0, 0.1) is 11.3 Å². The number of fused-ring (bicyclic) bond motifs is 1. The molecule has 1 aliphatic rings. The van der Waals surface area contributed by atoms with E-state index in [4.69, 9.17) is 10.5 Å². The number of nitrogens with one attached hydrogen (secondary N) is 1. The number of hydrogen-bond donors (Lipinski definition) is 3. The standard InChI is InChI=1S/C21H24N4O3/c1-21(2)19(26)18(16-12-14(13-22)8-9-17(16)28-21)25(11-10-24-20(23)27)15-6-4-3-5-7-15/h3-9,12,18-19,26H,10-11H2,1-2H3,(H3,23,24,27)/t18-,19+/m0/s1. The Morgan fingerprint density at radius 1 is 1.32 bits per heavy atom. The first kappa shape index (κ1) is 19.5. The molecule has 7 heteroatoms. The normalized spacial score (nSPS) is 19.6. The van der Waals surface area contributed by atoms with E-state index in [1.54, 1.807) is 18.2 Å². The number of carbonyl (C=O) groups is 1. The van der Waals surface area contributed by atoms with Gasteiger partial charge in [-0.1, -0.05) is 18.2 Å². The summed E-state index contributed by atoms with van der Waals surface area (Å²) in [6.45, 7) is 4.39. The molecule has 2 amide bonds. The highest BCUT2D eigenvalue weighted by Crippen LogP contribution is 2.44. The van der Waals surface area contributed by atoms with E-state index in [-0.39, 0.29) is 0 Å². The van der Waals surface area contributed by atoms with Crippen molar-refractivity contribution in [3.8, 4) is 11.8 Å². The molecule has 28 heavy (non-hydrogen) atoms. The van der Waals surface area contributed by atoms with Gasteiger partial charge in [-0.15, -0.1) is 0 Å². The van der Waals surface area contributed by atoms with Gasteiger partial charge in [-0.25, -0.2) is 4.79 Å². The van der Waals surface area contributed by atoms with E-state index in [2.05, 4.69) is 11.4 Å². The lowest BCUT2D eigenvalue weighted by atomic mass is 9.84. The third-order valence-electron chi connectivity index (χ3n) is 4.92. The van der Waals surface area contributed by atoms with Crippen LogP contribution in [0.15, 0.2) is 48.5 Å². The van der Waals surface area contributed by atoms with E-state index >= 15 is 0 Å². The molecule has 0 saturated heterocycles. The topological polar surface area (TPSA) is 112 Å². The van der Waals surface area contributed by atoms with Crippen LogP contribution in [0.1, 0.15) is 31.0 Å². The zero-order chi connectivity index (χ0) is 20.3. The fraction of sp³-hybridized carbons (Fsp3) is 0.333. The van der Waals surface area contributed by atoms with Crippen LogP contribution in [0.5, 0.6) is 5.75 Å². The van der Waals surface area contributed by atoms with Crippen molar-refractivity contribution in [3.05, 3.63) is 59.7 Å². The molecule has 0 unspecified atom stereocenters. The van der Waals surface area contributed by atoms with Crippen LogP contribution in [-0.2, 0) is 0 Å². The molecule has 2 aromatic rings. The van der Waals surface area contributed by atoms with Gasteiger partial charge < -0.3 is 25.8 Å². The van der Waals surface area contributed by atoms with Gasteiger partial charge in [0.25, 0.3) is 0 Å². The number of urea groups is 1. The average molecular weight is 380 g/mol. The number of benzene rings is 2. The van der Waals surface area contributed by atoms with Crippen molar-refractivity contribution in [2.24, 2.45) is 5.73 Å². The highest BCUT2D eigenvalue weighted by atomic mass is 16.5. The SMILES string of the molecule is CC1(C)Oc2ccc(C#N)cc2[C@H](N(CCNC(N)=O)c2ccccc2)[C@H]1O. The number of primary amides is 1. The molecular formula is C21H24N4O3. The van der Waals surface area contributed by atoms with Gasteiger partial charge in [0.05, 0.1) is 17.7 Å². The van der Waals surface area contributed by atoms with Crippen LogP contribution in [0.2, 0.25) is 0 Å². The summed E-state index contributed by atoms with van der Waals surface area (Å²) < 4.78 is 6.01. The maximum absolute atomic E-state index is 11.2. The van der Waals surface area contributed by atoms with Gasteiger partial charge in [-0.3, -0.25) is 0 Å². The predicted molar refractivity (Wildman–Crippen MR) is 106 cm³/mol. The molecule has 0 aromatic heterocycles. The lowest BCUT2D eigenvalue weighted by molar-refractivity contribution is -0.0586. The van der Waals surface area contributed by atoms with E-state index in [0.29, 0.717) is 24.4 Å². The first-order chi connectivity index (χ1) is 13.3. The molecule has 0 radical (unpaired) electrons. The van der Waals surface area contributed by atoms with Crippen LogP contribution < -0.4 is 20.7 Å². The molecule has 1 aliphatic heterocycles. The molecule has 0 fully saturated rings. The number of aliphatic hydroxyl groups is 1. The number of ether oxygens (including phenoxy) is 1. The third kappa shape index (κ3) is 3.87. The molecule has 1 heterocycles. The maximum Gasteiger partial charge on any atom is 0.312 e. The number of anilines is 1. The largest absolute Gasteiger partial charge is 0.485 e. The molecule has 146 valence electrons. The Morgan fingerprint density at radius 3 is 2.68 bits per heavy atom. The summed E-state index contributed by atoms with van der Waals surface area (Å²) in [5, 5.41) is 23.1. The molecule has 3 rings (SSSR count). The van der Waals surface area contributed by atoms with Gasteiger partial charge in [0, 0.05) is 24.3 Å². The van der Waals surface area contributed by atoms with Crippen molar-refractivity contribution in [3.63, 3.8) is 0 Å². The lowest BCUT2D eigenvalue weighted by Crippen LogP contribution is -2.54. The van der Waals surface area contributed by atoms with Crippen molar-refractivity contribution < 1.29 is 14.6 Å². The van der Waals surface area contributed by atoms with Crippen molar-refractivity contribution in [2.75, 3.05) is 18.0 Å². The Kier molecular flexibility index (Phi) is 5.43. The number of nitriles is 1. The summed E-state index contributed by atoms with van der Waals surface area (Å²) in [5.41, 5.74) is 6.47. The number of nitrogens with zero attached hydrogens (tertiary/aromatic N) is 2. The molecule has 0 bridgehead atoms. The summed E-state index contributed by atoms with van der Waals surface area (Å²) >= 11 is 0. The number of carbonyl (C=O) groups excluding carboxylic acids is 1. The number of aliphatic hydroxyl groups excluding tert-OH is 1. The molecule has 0 saturated carbocycles. The number of hydrogen-bond acceptors (Lipinski definition) is 5. The Hall–Kier alpha value is -3.24. The fourth-order valence-electron chi connectivity index (χ4n) is 3.52. The third-order valence-corrected chi connectivity index (χ3v) is 4.92. The van der Waals surface area contributed by atoms with Crippen LogP contribution in [0.3, 0.4) is 0 Å². The maximum atomic E-state index is 11.2. The van der Waals surface area contributed by atoms with Crippen molar-refractivity contribution in [1.29, 1.82) is 5.26 Å². The van der Waals surface area contributed by atoms with E-state index in [0.717, 1.165) is 11.3 Å². The summed E-state index contributed by atoms with van der Waals surface area (Å²) in [4.78, 5) is 13.1. The second-order valence-electron chi connectivity index (χ2n) is 7.28. The van der Waals surface area contributed by atoms with E-state index in [1.165, 1.54) is 0 Å². The van der Waals surface area contributed by atoms with E-state index in [1.807, 2.05) is 49.1 Å². The predicted octanol–water partition coefficient (Wildman–Crippen LogP) is 2.31. The van der Waals surface area contributed by atoms with Gasteiger partial charge in [0.15, 0.2) is 0 Å². The van der Waals surface area contributed by atoms with Gasteiger partial charge in [0.1, 0.15) is 17.5 Å². The Labute approximate surface area is 164 Å². The van der Waals surface area contributed by atoms with Gasteiger partial charge in [-0.2, -0.15) is 5.26 Å². The Morgan fingerprint density at radius 2 is 2.04 bits per heavy atom. The second-order valence-corrected chi connectivity index (χ2v) is 7.28. The number of amides is 2. The smallest absolute Gasteiger partial charge is 0.312 e. The van der Waals surface area contributed by atoms with Gasteiger partial charge in [-0.05, 0) is 44.2 Å². The first-order valence-electron chi connectivity index (χ1n) is 9.09. The molecule has 7 nitrogen and oxygen atoms in total. The molecule has 4 N–H and O–H groups in total. The Balaban J connectivity index is 2.09. The molecule has 2 atom stereocenters. The van der Waals surface area contributed by atoms with Gasteiger partial charge >= 0.3 is 6.03 Å². The summed E-state index contributed by atoms with van der Waals surface area (Å²) in [5.74, 6) is 0.628. The quantitative estimate of drug-likeness (QED) is 0.737. The lowest BCUT2D eigenvalue weighted by Gasteiger charge is -2.47. The number of para-hydroxylation sites is 1. The summed E-state index contributed by atoms with van der Waals surface area (Å²) in [6, 6.07) is 15.9. The minimum absolute atomic E-state index is 0.308. The minimum atomic E-state index is -0.872. The van der Waals surface area contributed by atoms with Crippen molar-refractivity contribution >= 4 is 11.7 Å². The highest BCUT2D eigenvalue weighted by Gasteiger charge is 2.45. The number of nitrogens with two attached hydrogens (primary N) is 1. The van der Waals surface area contributed by atoms with Crippen LogP contribution in [-0.4, -0.2) is 35.9 Å². The van der Waals surface area contributed by atoms with E-state index < -0.39 is 23.8 Å². The van der Waals surface area contributed by atoms with Crippen molar-refractivity contribution in [2.45, 2.75) is 31.6 Å². The van der Waals surface area contributed by atoms with Crippen molar-refractivity contribution in [1.82, 2.24) is 5.32 Å². The summed E-state index contributed by atoms with van der Waals surface area (Å²) in [7, 11) is 0. The summed E-state index contributed by atoms with van der Waals surface area (Å²) in [6.07, 6.45) is -0.872. The zero-order valence-electron chi connectivity index (χ0n) is 15.9. The van der Waals surface area contributed by atoms with Gasteiger partial charge in [0.2, 0.25) is 0 Å². The van der Waals surface area contributed by atoms with E-state index in [9.17, 15) is 15.2 Å². The molecule has 0 spiro atoms. The first-order valence-corrected chi connectivity index (χ1v) is 9.09. The van der Waals surface area contributed by atoms with Crippen LogP contribution in [0.4, 0.5) is 10.5 Å². The molecular weight excluding hydrogens is 356 g/mol. The second kappa shape index (κ2) is 7.79. The monoisotopic (exact) mass is 380 g/mol.